The molecule has 2 nitrogen and oxygen atoms in total. The van der Waals surface area contributed by atoms with E-state index in [0.29, 0.717) is 6.54 Å². The molecule has 0 fully saturated rings. The first-order valence-electron chi connectivity index (χ1n) is 6.64. The van der Waals surface area contributed by atoms with Crippen molar-refractivity contribution in [3.63, 3.8) is 0 Å². The largest absolute Gasteiger partial charge is 0.303 e. The van der Waals surface area contributed by atoms with E-state index < -0.39 is 0 Å². The molecule has 0 atom stereocenters. The Bertz CT molecular complexity index is 559. The van der Waals surface area contributed by atoms with Crippen molar-refractivity contribution >= 4 is 17.7 Å². The molecule has 0 N–H and O–H groups in total. The molecule has 0 spiro atoms. The molecule has 0 unspecified atom stereocenters. The van der Waals surface area contributed by atoms with Gasteiger partial charge in [-0.05, 0) is 36.7 Å². The number of carbonyl (C=O) groups is 1. The minimum Gasteiger partial charge on any atom is -0.303 e. The van der Waals surface area contributed by atoms with E-state index in [1.54, 1.807) is 11.8 Å². The summed E-state index contributed by atoms with van der Waals surface area (Å²) in [5, 5.41) is 0. The Labute approximate surface area is 118 Å². The predicted octanol–water partition coefficient (Wildman–Crippen LogP) is 3.71. The summed E-state index contributed by atoms with van der Waals surface area (Å²) >= 11 is 1.59. The smallest absolute Gasteiger partial charge is 0.265 e. The highest BCUT2D eigenvalue weighted by Crippen LogP contribution is 2.40. The number of amides is 1. The van der Waals surface area contributed by atoms with Crippen molar-refractivity contribution in [1.82, 2.24) is 4.90 Å². The van der Waals surface area contributed by atoms with Crippen LogP contribution >= 0.6 is 11.8 Å². The highest BCUT2D eigenvalue weighted by Gasteiger charge is 2.34. The van der Waals surface area contributed by atoms with Gasteiger partial charge < -0.3 is 4.90 Å². The molecule has 2 aliphatic rings. The van der Waals surface area contributed by atoms with E-state index >= 15 is 0 Å². The maximum absolute atomic E-state index is 12.5. The van der Waals surface area contributed by atoms with Crippen LogP contribution in [0.3, 0.4) is 0 Å². The normalized spacial score (nSPS) is 18.7. The number of fused-ring (bicyclic) bond motifs is 1. The quantitative estimate of drug-likeness (QED) is 0.835. The maximum atomic E-state index is 12.5. The fourth-order valence-electron chi connectivity index (χ4n) is 2.77. The van der Waals surface area contributed by atoms with Crippen LogP contribution in [-0.2, 0) is 11.3 Å². The van der Waals surface area contributed by atoms with Crippen LogP contribution in [0.4, 0.5) is 0 Å². The number of carbonyl (C=O) groups excluding carboxylic acids is 1. The van der Waals surface area contributed by atoms with Gasteiger partial charge in [0.25, 0.3) is 5.91 Å². The van der Waals surface area contributed by atoms with Crippen LogP contribution in [0.2, 0.25) is 0 Å². The summed E-state index contributed by atoms with van der Waals surface area (Å²) in [6.07, 6.45) is 7.51. The summed E-state index contributed by atoms with van der Waals surface area (Å²) in [5.74, 6) is 0.180. The number of hydrogen-bond donors (Lipinski definition) is 0. The second kappa shape index (κ2) is 5.25. The molecule has 19 heavy (non-hydrogen) atoms. The topological polar surface area (TPSA) is 20.3 Å². The molecular formula is C16H17NOS. The lowest BCUT2D eigenvalue weighted by atomic mass is 9.99. The van der Waals surface area contributed by atoms with E-state index in [-0.39, 0.29) is 5.91 Å². The zero-order chi connectivity index (χ0) is 13.2. The molecule has 1 heterocycles. The molecule has 3 rings (SSSR count). The summed E-state index contributed by atoms with van der Waals surface area (Å²) in [7, 11) is 0. The Morgan fingerprint density at radius 2 is 2.05 bits per heavy atom. The standard InChI is InChI=1S/C16H17NOS/c1-19-15-13-9-5-6-10-14(13)17(16(15)18)11-12-7-3-2-4-8-12/h2-4,7-8,10H,5-6,9,11H2,1H3. The van der Waals surface area contributed by atoms with Crippen LogP contribution in [0.5, 0.6) is 0 Å². The second-order valence-corrected chi connectivity index (χ2v) is 5.69. The van der Waals surface area contributed by atoms with E-state index in [9.17, 15) is 4.79 Å². The van der Waals surface area contributed by atoms with Gasteiger partial charge in [-0.15, -0.1) is 11.8 Å². The molecule has 0 radical (unpaired) electrons. The summed E-state index contributed by atoms with van der Waals surface area (Å²) in [6, 6.07) is 10.2. The van der Waals surface area contributed by atoms with Crippen molar-refractivity contribution in [3.8, 4) is 0 Å². The van der Waals surface area contributed by atoms with Crippen LogP contribution in [0, 0.1) is 0 Å². The fraction of sp³-hybridized carbons (Fsp3) is 0.312. The first kappa shape index (κ1) is 12.5. The van der Waals surface area contributed by atoms with Crippen molar-refractivity contribution in [2.45, 2.75) is 25.8 Å². The van der Waals surface area contributed by atoms with Crippen LogP contribution in [-0.4, -0.2) is 17.1 Å². The van der Waals surface area contributed by atoms with Gasteiger partial charge in [-0.3, -0.25) is 4.79 Å². The zero-order valence-electron chi connectivity index (χ0n) is 11.1. The van der Waals surface area contributed by atoms with Gasteiger partial charge in [-0.2, -0.15) is 0 Å². The van der Waals surface area contributed by atoms with Crippen molar-refractivity contribution < 1.29 is 4.79 Å². The van der Waals surface area contributed by atoms with E-state index in [1.807, 2.05) is 29.4 Å². The molecule has 98 valence electrons. The van der Waals surface area contributed by atoms with Gasteiger partial charge in [0.05, 0.1) is 11.4 Å². The van der Waals surface area contributed by atoms with Gasteiger partial charge in [0, 0.05) is 5.70 Å². The van der Waals surface area contributed by atoms with Gasteiger partial charge in [-0.25, -0.2) is 0 Å². The minimum atomic E-state index is 0.180. The summed E-state index contributed by atoms with van der Waals surface area (Å²) in [6.45, 7) is 0.680. The molecule has 0 bridgehead atoms. The highest BCUT2D eigenvalue weighted by atomic mass is 32.2. The van der Waals surface area contributed by atoms with Crippen LogP contribution < -0.4 is 0 Å². The fourth-order valence-corrected chi connectivity index (χ4v) is 3.50. The van der Waals surface area contributed by atoms with E-state index in [2.05, 4.69) is 18.2 Å². The Morgan fingerprint density at radius 3 is 2.79 bits per heavy atom. The number of nitrogens with zero attached hydrogens (tertiary/aromatic N) is 1. The molecule has 0 saturated carbocycles. The van der Waals surface area contributed by atoms with Gasteiger partial charge >= 0.3 is 0 Å². The molecule has 1 aromatic carbocycles. The van der Waals surface area contributed by atoms with Crippen LogP contribution in [0.15, 0.2) is 52.6 Å². The maximum Gasteiger partial charge on any atom is 0.265 e. The lowest BCUT2D eigenvalue weighted by molar-refractivity contribution is -0.124. The Kier molecular flexibility index (Phi) is 3.47. The van der Waals surface area contributed by atoms with Crippen molar-refractivity contribution in [1.29, 1.82) is 0 Å². The third kappa shape index (κ3) is 2.23. The van der Waals surface area contributed by atoms with Gasteiger partial charge in [0.15, 0.2) is 0 Å². The SMILES string of the molecule is CSC1=C2CCCC=C2N(Cc2ccccc2)C1=O. The highest BCUT2D eigenvalue weighted by molar-refractivity contribution is 8.03. The molecular weight excluding hydrogens is 254 g/mol. The zero-order valence-corrected chi connectivity index (χ0v) is 11.9. The molecule has 1 amide bonds. The van der Waals surface area contributed by atoms with E-state index in [1.165, 1.54) is 11.1 Å². The summed E-state index contributed by atoms with van der Waals surface area (Å²) in [5.41, 5.74) is 3.60. The Hall–Kier alpha value is -1.48. The van der Waals surface area contributed by atoms with Crippen LogP contribution in [0.25, 0.3) is 0 Å². The number of benzene rings is 1. The third-order valence-electron chi connectivity index (χ3n) is 3.67. The number of thioether (sulfide) groups is 1. The van der Waals surface area contributed by atoms with E-state index in [0.717, 1.165) is 29.9 Å². The molecule has 1 aliphatic carbocycles. The first-order chi connectivity index (χ1) is 9.31. The summed E-state index contributed by atoms with van der Waals surface area (Å²) < 4.78 is 0. The number of allylic oxidation sites excluding steroid dienone is 2. The second-order valence-electron chi connectivity index (χ2n) is 4.87. The summed E-state index contributed by atoms with van der Waals surface area (Å²) in [4.78, 5) is 15.4. The molecule has 0 aromatic heterocycles. The predicted molar refractivity (Wildman–Crippen MR) is 79.5 cm³/mol. The van der Waals surface area contributed by atoms with Gasteiger partial charge in [0.1, 0.15) is 0 Å². The van der Waals surface area contributed by atoms with Crippen LogP contribution in [0.1, 0.15) is 24.8 Å². The lowest BCUT2D eigenvalue weighted by Crippen LogP contribution is -2.25. The van der Waals surface area contributed by atoms with E-state index in [4.69, 9.17) is 0 Å². The van der Waals surface area contributed by atoms with Crippen molar-refractivity contribution in [3.05, 3.63) is 58.1 Å². The lowest BCUT2D eigenvalue weighted by Gasteiger charge is -2.22. The van der Waals surface area contributed by atoms with Gasteiger partial charge in [0.2, 0.25) is 0 Å². The number of hydrogen-bond acceptors (Lipinski definition) is 2. The Balaban J connectivity index is 1.92. The molecule has 1 aromatic rings. The Morgan fingerprint density at radius 1 is 1.26 bits per heavy atom. The molecule has 0 saturated heterocycles. The molecule has 3 heteroatoms. The average Bonchev–Trinajstić information content (AvgIpc) is 2.73. The first-order valence-corrected chi connectivity index (χ1v) is 7.87. The molecule has 1 aliphatic heterocycles. The van der Waals surface area contributed by atoms with Crippen molar-refractivity contribution in [2.75, 3.05) is 6.26 Å². The number of rotatable bonds is 3. The van der Waals surface area contributed by atoms with Gasteiger partial charge in [-0.1, -0.05) is 36.4 Å². The minimum absolute atomic E-state index is 0.180. The monoisotopic (exact) mass is 271 g/mol. The average molecular weight is 271 g/mol. The third-order valence-corrected chi connectivity index (χ3v) is 4.50. The van der Waals surface area contributed by atoms with Crippen molar-refractivity contribution in [2.24, 2.45) is 0 Å².